The van der Waals surface area contributed by atoms with Gasteiger partial charge >= 0.3 is 0 Å². The second-order valence-corrected chi connectivity index (χ2v) is 6.66. The van der Waals surface area contributed by atoms with Crippen LogP contribution in [0.25, 0.3) is 11.1 Å². The lowest BCUT2D eigenvalue weighted by Gasteiger charge is -2.13. The molecule has 0 atom stereocenters. The predicted octanol–water partition coefficient (Wildman–Crippen LogP) is 4.23. The number of para-hydroxylation sites is 1. The van der Waals surface area contributed by atoms with Gasteiger partial charge in [0.25, 0.3) is 11.8 Å². The molecule has 0 fully saturated rings. The maximum absolute atomic E-state index is 12.5. The number of anilines is 1. The smallest absolute Gasteiger partial charge is 0.257 e. The maximum atomic E-state index is 12.5. The quantitative estimate of drug-likeness (QED) is 0.558. The zero-order valence-electron chi connectivity index (χ0n) is 15.9. The van der Waals surface area contributed by atoms with Crippen LogP contribution in [-0.2, 0) is 0 Å². The van der Waals surface area contributed by atoms with E-state index in [-0.39, 0.29) is 16.9 Å². The number of amides is 2. The normalized spacial score (nSPS) is 10.1. The minimum absolute atomic E-state index is 0.124. The van der Waals surface area contributed by atoms with Crippen molar-refractivity contribution in [2.24, 2.45) is 0 Å². The molecule has 0 aliphatic rings. The number of hydrogen-bond donors (Lipinski definition) is 3. The fourth-order valence-electron chi connectivity index (χ4n) is 2.82. The lowest BCUT2D eigenvalue weighted by Crippen LogP contribution is -2.35. The molecule has 0 unspecified atom stereocenters. The standard InChI is InChI=1S/C23H21N3O2S/c1-2-24-22(28)19-10-6-7-11-20(19)25-23(29)26-21(27)18-14-12-17(13-15-18)16-8-4-3-5-9-16/h3-15H,2H2,1H3,(H,24,28)(H2,25,26,27,29). The molecule has 0 saturated heterocycles. The molecule has 3 aromatic rings. The van der Waals surface area contributed by atoms with Gasteiger partial charge in [-0.2, -0.15) is 0 Å². The van der Waals surface area contributed by atoms with E-state index in [1.165, 1.54) is 0 Å². The molecule has 146 valence electrons. The number of benzene rings is 3. The van der Waals surface area contributed by atoms with Crippen LogP contribution in [0.5, 0.6) is 0 Å². The number of hydrogen-bond acceptors (Lipinski definition) is 3. The minimum Gasteiger partial charge on any atom is -0.352 e. The Morgan fingerprint density at radius 2 is 1.41 bits per heavy atom. The maximum Gasteiger partial charge on any atom is 0.257 e. The lowest BCUT2D eigenvalue weighted by molar-refractivity contribution is 0.0954. The van der Waals surface area contributed by atoms with Gasteiger partial charge in [0.05, 0.1) is 11.3 Å². The molecule has 2 amide bonds. The molecule has 0 aliphatic heterocycles. The average molecular weight is 404 g/mol. The highest BCUT2D eigenvalue weighted by Crippen LogP contribution is 2.19. The summed E-state index contributed by atoms with van der Waals surface area (Å²) in [5.41, 5.74) is 3.59. The third-order valence-electron chi connectivity index (χ3n) is 4.24. The van der Waals surface area contributed by atoms with Crippen LogP contribution in [0.4, 0.5) is 5.69 Å². The Bertz CT molecular complexity index is 1020. The number of thiocarbonyl (C=S) groups is 1. The third kappa shape index (κ3) is 5.27. The van der Waals surface area contributed by atoms with Crippen molar-refractivity contribution < 1.29 is 9.59 Å². The Balaban J connectivity index is 1.66. The van der Waals surface area contributed by atoms with Crippen LogP contribution in [0.2, 0.25) is 0 Å². The van der Waals surface area contributed by atoms with Crippen LogP contribution < -0.4 is 16.0 Å². The van der Waals surface area contributed by atoms with Gasteiger partial charge in [-0.25, -0.2) is 0 Å². The summed E-state index contributed by atoms with van der Waals surface area (Å²) in [5.74, 6) is -0.529. The highest BCUT2D eigenvalue weighted by Gasteiger charge is 2.13. The van der Waals surface area contributed by atoms with E-state index in [2.05, 4.69) is 16.0 Å². The second-order valence-electron chi connectivity index (χ2n) is 6.26. The van der Waals surface area contributed by atoms with Gasteiger partial charge in [-0.1, -0.05) is 54.6 Å². The molecule has 0 aliphatic carbocycles. The largest absolute Gasteiger partial charge is 0.352 e. The zero-order chi connectivity index (χ0) is 20.6. The minimum atomic E-state index is -0.322. The molecule has 0 bridgehead atoms. The van der Waals surface area contributed by atoms with Crippen LogP contribution in [0.3, 0.4) is 0 Å². The van der Waals surface area contributed by atoms with Crippen LogP contribution in [0.1, 0.15) is 27.6 Å². The molecule has 5 nitrogen and oxygen atoms in total. The van der Waals surface area contributed by atoms with E-state index in [0.717, 1.165) is 11.1 Å². The summed E-state index contributed by atoms with van der Waals surface area (Å²) >= 11 is 5.25. The summed E-state index contributed by atoms with van der Waals surface area (Å²) in [4.78, 5) is 24.7. The van der Waals surface area contributed by atoms with Gasteiger partial charge in [-0.15, -0.1) is 0 Å². The van der Waals surface area contributed by atoms with E-state index >= 15 is 0 Å². The molecule has 0 radical (unpaired) electrons. The van der Waals surface area contributed by atoms with Gasteiger partial charge in [-0.05, 0) is 54.5 Å². The van der Waals surface area contributed by atoms with Crippen LogP contribution in [0.15, 0.2) is 78.9 Å². The molecule has 0 saturated carbocycles. The van der Waals surface area contributed by atoms with Gasteiger partial charge in [0.1, 0.15) is 0 Å². The van der Waals surface area contributed by atoms with Crippen molar-refractivity contribution in [3.63, 3.8) is 0 Å². The summed E-state index contributed by atoms with van der Waals surface area (Å²) in [6.07, 6.45) is 0. The SMILES string of the molecule is CCNC(=O)c1ccccc1NC(=S)NC(=O)c1ccc(-c2ccccc2)cc1. The molecule has 3 rings (SSSR count). The average Bonchev–Trinajstić information content (AvgIpc) is 2.75. The van der Waals surface area contributed by atoms with Crippen molar-refractivity contribution in [1.29, 1.82) is 0 Å². The fraction of sp³-hybridized carbons (Fsp3) is 0.0870. The van der Waals surface area contributed by atoms with Crippen molar-refractivity contribution in [2.75, 3.05) is 11.9 Å². The van der Waals surface area contributed by atoms with E-state index in [1.54, 1.807) is 36.4 Å². The van der Waals surface area contributed by atoms with Crippen molar-refractivity contribution in [3.05, 3.63) is 90.0 Å². The second kappa shape index (κ2) is 9.61. The van der Waals surface area contributed by atoms with E-state index in [4.69, 9.17) is 12.2 Å². The highest BCUT2D eigenvalue weighted by atomic mass is 32.1. The number of nitrogens with one attached hydrogen (secondary N) is 3. The van der Waals surface area contributed by atoms with Crippen LogP contribution in [0, 0.1) is 0 Å². The Morgan fingerprint density at radius 1 is 0.793 bits per heavy atom. The first kappa shape index (κ1) is 20.2. The molecule has 29 heavy (non-hydrogen) atoms. The Kier molecular flexibility index (Phi) is 6.71. The molecular formula is C23H21N3O2S. The van der Waals surface area contributed by atoms with Crippen molar-refractivity contribution >= 4 is 34.8 Å². The predicted molar refractivity (Wildman–Crippen MR) is 120 cm³/mol. The van der Waals surface area contributed by atoms with E-state index in [9.17, 15) is 9.59 Å². The molecule has 0 spiro atoms. The Morgan fingerprint density at radius 3 is 2.10 bits per heavy atom. The summed E-state index contributed by atoms with van der Waals surface area (Å²) < 4.78 is 0. The van der Waals surface area contributed by atoms with Crippen LogP contribution >= 0.6 is 12.2 Å². The number of rotatable bonds is 5. The highest BCUT2D eigenvalue weighted by molar-refractivity contribution is 7.80. The molecular weight excluding hydrogens is 382 g/mol. The Hall–Kier alpha value is -3.51. The van der Waals surface area contributed by atoms with E-state index in [0.29, 0.717) is 23.4 Å². The van der Waals surface area contributed by atoms with Crippen LogP contribution in [-0.4, -0.2) is 23.5 Å². The summed E-state index contributed by atoms with van der Waals surface area (Å²) in [6, 6.07) is 24.2. The van der Waals surface area contributed by atoms with E-state index in [1.807, 2.05) is 49.4 Å². The van der Waals surface area contributed by atoms with E-state index < -0.39 is 0 Å². The van der Waals surface area contributed by atoms with Crippen molar-refractivity contribution in [1.82, 2.24) is 10.6 Å². The van der Waals surface area contributed by atoms with Gasteiger partial charge < -0.3 is 10.6 Å². The first-order valence-electron chi connectivity index (χ1n) is 9.23. The van der Waals surface area contributed by atoms with Gasteiger partial charge in [0, 0.05) is 12.1 Å². The third-order valence-corrected chi connectivity index (χ3v) is 4.44. The number of carbonyl (C=O) groups is 2. The van der Waals surface area contributed by atoms with Crippen molar-refractivity contribution in [2.45, 2.75) is 6.92 Å². The zero-order valence-corrected chi connectivity index (χ0v) is 16.8. The first-order chi connectivity index (χ1) is 14.1. The first-order valence-corrected chi connectivity index (χ1v) is 9.64. The molecule has 3 aromatic carbocycles. The molecule has 0 heterocycles. The topological polar surface area (TPSA) is 70.2 Å². The fourth-order valence-corrected chi connectivity index (χ4v) is 3.02. The van der Waals surface area contributed by atoms with Crippen molar-refractivity contribution in [3.8, 4) is 11.1 Å². The van der Waals surface area contributed by atoms with Gasteiger partial charge in [0.15, 0.2) is 5.11 Å². The number of carbonyl (C=O) groups excluding carboxylic acids is 2. The summed E-state index contributed by atoms with van der Waals surface area (Å²) in [7, 11) is 0. The molecule has 3 N–H and O–H groups in total. The summed E-state index contributed by atoms with van der Waals surface area (Å²) in [5, 5.41) is 8.45. The Labute approximate surface area is 175 Å². The van der Waals surface area contributed by atoms with Gasteiger partial charge in [-0.3, -0.25) is 14.9 Å². The molecule has 0 aromatic heterocycles. The molecule has 6 heteroatoms. The lowest BCUT2D eigenvalue weighted by atomic mass is 10.0. The van der Waals surface area contributed by atoms with Gasteiger partial charge in [0.2, 0.25) is 0 Å². The monoisotopic (exact) mass is 403 g/mol. The summed E-state index contributed by atoms with van der Waals surface area (Å²) in [6.45, 7) is 2.37.